The van der Waals surface area contributed by atoms with Crippen LogP contribution in [-0.4, -0.2) is 61.7 Å². The molecule has 0 aromatic rings. The number of nitrogens with zero attached hydrogens (tertiary/aromatic N) is 2. The minimum absolute atomic E-state index is 0.810. The fourth-order valence-corrected chi connectivity index (χ4v) is 3.24. The maximum Gasteiger partial charge on any atom is 0.0110 e. The summed E-state index contributed by atoms with van der Waals surface area (Å²) in [7, 11) is 0. The molecule has 0 aromatic carbocycles. The molecule has 0 spiro atoms. The Hall–Kier alpha value is -0.120. The molecule has 2 aliphatic rings. The molecule has 3 nitrogen and oxygen atoms in total. The average Bonchev–Trinajstić information content (AvgIpc) is 2.68. The average molecular weight is 253 g/mol. The Bertz CT molecular complexity index is 204. The van der Waals surface area contributed by atoms with Crippen molar-refractivity contribution in [1.82, 2.24) is 15.1 Å². The lowest BCUT2D eigenvalue weighted by atomic mass is 10.1. The normalized spacial score (nSPS) is 25.2. The monoisotopic (exact) mass is 253 g/mol. The van der Waals surface area contributed by atoms with Gasteiger partial charge < -0.3 is 10.2 Å². The van der Waals surface area contributed by atoms with Crippen LogP contribution in [0.2, 0.25) is 0 Å². The van der Waals surface area contributed by atoms with Gasteiger partial charge in [0, 0.05) is 45.3 Å². The Labute approximate surface area is 113 Å². The van der Waals surface area contributed by atoms with Gasteiger partial charge >= 0.3 is 0 Å². The van der Waals surface area contributed by atoms with E-state index >= 15 is 0 Å². The molecular formula is C15H31N3. The largest absolute Gasteiger partial charge is 0.313 e. The van der Waals surface area contributed by atoms with Crippen LogP contribution in [0.5, 0.6) is 0 Å². The third-order valence-electron chi connectivity index (χ3n) is 4.63. The minimum atomic E-state index is 0.810. The summed E-state index contributed by atoms with van der Waals surface area (Å²) >= 11 is 0. The zero-order valence-corrected chi connectivity index (χ0v) is 12.2. The first-order chi connectivity index (χ1) is 8.88. The zero-order valence-electron chi connectivity index (χ0n) is 12.2. The molecule has 1 saturated heterocycles. The molecule has 3 heteroatoms. The first kappa shape index (κ1) is 14.3. The van der Waals surface area contributed by atoms with Gasteiger partial charge in [-0.2, -0.15) is 0 Å². The Morgan fingerprint density at radius 1 is 0.889 bits per heavy atom. The zero-order chi connectivity index (χ0) is 12.6. The van der Waals surface area contributed by atoms with E-state index in [0.717, 1.165) is 6.04 Å². The van der Waals surface area contributed by atoms with Gasteiger partial charge in [0.2, 0.25) is 0 Å². The second kappa shape index (κ2) is 8.13. The smallest absolute Gasteiger partial charge is 0.0110 e. The predicted molar refractivity (Wildman–Crippen MR) is 78.0 cm³/mol. The van der Waals surface area contributed by atoms with Gasteiger partial charge in [0.15, 0.2) is 0 Å². The molecule has 1 aliphatic carbocycles. The van der Waals surface area contributed by atoms with Crippen molar-refractivity contribution in [3.63, 3.8) is 0 Å². The lowest BCUT2D eigenvalue weighted by molar-refractivity contribution is 0.137. The van der Waals surface area contributed by atoms with Crippen LogP contribution in [0, 0.1) is 0 Å². The Balaban J connectivity index is 1.55. The minimum Gasteiger partial charge on any atom is -0.313 e. The van der Waals surface area contributed by atoms with E-state index in [4.69, 9.17) is 0 Å². The summed E-state index contributed by atoms with van der Waals surface area (Å²) < 4.78 is 0. The maximum atomic E-state index is 3.78. The molecule has 0 unspecified atom stereocenters. The van der Waals surface area contributed by atoms with Gasteiger partial charge in [-0.1, -0.05) is 32.6 Å². The van der Waals surface area contributed by atoms with E-state index in [-0.39, 0.29) is 0 Å². The molecule has 1 N–H and O–H groups in total. The highest BCUT2D eigenvalue weighted by molar-refractivity contribution is 4.74. The van der Waals surface area contributed by atoms with Crippen molar-refractivity contribution in [3.8, 4) is 0 Å². The molecule has 1 aliphatic heterocycles. The Kier molecular flexibility index (Phi) is 6.46. The summed E-state index contributed by atoms with van der Waals surface area (Å²) in [5.74, 6) is 0. The molecule has 1 heterocycles. The summed E-state index contributed by atoms with van der Waals surface area (Å²) in [6, 6.07) is 0.810. The molecule has 0 bridgehead atoms. The standard InChI is InChI=1S/C15H31N3/c1-2-17-11-13-18(14-12-17)10-9-16-15-7-5-3-4-6-8-15/h15-16H,2-14H2,1H3. The highest BCUT2D eigenvalue weighted by Crippen LogP contribution is 2.16. The molecule has 0 atom stereocenters. The molecule has 2 fully saturated rings. The number of likely N-dealkylation sites (N-methyl/N-ethyl adjacent to an activating group) is 1. The van der Waals surface area contributed by atoms with Gasteiger partial charge in [-0.05, 0) is 19.4 Å². The lowest BCUT2D eigenvalue weighted by Crippen LogP contribution is -2.48. The van der Waals surface area contributed by atoms with Gasteiger partial charge in [-0.25, -0.2) is 0 Å². The Morgan fingerprint density at radius 3 is 2.11 bits per heavy atom. The summed E-state index contributed by atoms with van der Waals surface area (Å²) in [5.41, 5.74) is 0. The van der Waals surface area contributed by atoms with E-state index in [0.29, 0.717) is 0 Å². The van der Waals surface area contributed by atoms with E-state index in [1.54, 1.807) is 0 Å². The Morgan fingerprint density at radius 2 is 1.50 bits per heavy atom. The van der Waals surface area contributed by atoms with E-state index in [2.05, 4.69) is 22.0 Å². The van der Waals surface area contributed by atoms with E-state index in [1.165, 1.54) is 84.3 Å². The number of piperazine rings is 1. The van der Waals surface area contributed by atoms with Crippen LogP contribution in [0.1, 0.15) is 45.4 Å². The van der Waals surface area contributed by atoms with Crippen LogP contribution in [0.3, 0.4) is 0 Å². The summed E-state index contributed by atoms with van der Waals surface area (Å²) in [4.78, 5) is 5.17. The van der Waals surface area contributed by atoms with E-state index in [1.807, 2.05) is 0 Å². The van der Waals surface area contributed by atoms with Gasteiger partial charge in [0.25, 0.3) is 0 Å². The van der Waals surface area contributed by atoms with Crippen molar-refractivity contribution in [2.45, 2.75) is 51.5 Å². The quantitative estimate of drug-likeness (QED) is 0.755. The second-order valence-corrected chi connectivity index (χ2v) is 5.92. The van der Waals surface area contributed by atoms with Gasteiger partial charge in [-0.3, -0.25) is 4.90 Å². The number of hydrogen-bond acceptors (Lipinski definition) is 3. The van der Waals surface area contributed by atoms with E-state index in [9.17, 15) is 0 Å². The molecule has 106 valence electrons. The fraction of sp³-hybridized carbons (Fsp3) is 1.00. The second-order valence-electron chi connectivity index (χ2n) is 5.92. The topological polar surface area (TPSA) is 18.5 Å². The SMILES string of the molecule is CCN1CCN(CCNC2CCCCCC2)CC1. The summed E-state index contributed by atoms with van der Waals surface area (Å²) in [6.45, 7) is 11.0. The number of hydrogen-bond donors (Lipinski definition) is 1. The van der Waals surface area contributed by atoms with Gasteiger partial charge in [0.05, 0.1) is 0 Å². The summed E-state index contributed by atoms with van der Waals surface area (Å²) in [5, 5.41) is 3.78. The fourth-order valence-electron chi connectivity index (χ4n) is 3.24. The van der Waals surface area contributed by atoms with E-state index < -0.39 is 0 Å². The van der Waals surface area contributed by atoms with Crippen molar-refractivity contribution >= 4 is 0 Å². The van der Waals surface area contributed by atoms with Crippen LogP contribution in [-0.2, 0) is 0 Å². The van der Waals surface area contributed by atoms with Crippen molar-refractivity contribution in [1.29, 1.82) is 0 Å². The van der Waals surface area contributed by atoms with Crippen LogP contribution in [0.4, 0.5) is 0 Å². The highest BCUT2D eigenvalue weighted by Gasteiger charge is 2.16. The molecule has 18 heavy (non-hydrogen) atoms. The maximum absolute atomic E-state index is 3.78. The van der Waals surface area contributed by atoms with Crippen LogP contribution in [0.15, 0.2) is 0 Å². The molecule has 1 saturated carbocycles. The van der Waals surface area contributed by atoms with Crippen molar-refractivity contribution in [2.24, 2.45) is 0 Å². The third-order valence-corrected chi connectivity index (χ3v) is 4.63. The van der Waals surface area contributed by atoms with Crippen LogP contribution >= 0.6 is 0 Å². The van der Waals surface area contributed by atoms with Crippen molar-refractivity contribution in [2.75, 3.05) is 45.8 Å². The first-order valence-corrected chi connectivity index (χ1v) is 8.06. The van der Waals surface area contributed by atoms with Crippen molar-refractivity contribution < 1.29 is 0 Å². The first-order valence-electron chi connectivity index (χ1n) is 8.06. The molecule has 0 radical (unpaired) electrons. The molecule has 0 amide bonds. The summed E-state index contributed by atoms with van der Waals surface area (Å²) in [6.07, 6.45) is 8.60. The van der Waals surface area contributed by atoms with Crippen LogP contribution in [0.25, 0.3) is 0 Å². The molecule has 0 aromatic heterocycles. The third kappa shape index (κ3) is 4.87. The predicted octanol–water partition coefficient (Wildman–Crippen LogP) is 1.94. The number of nitrogens with one attached hydrogen (secondary N) is 1. The van der Waals surface area contributed by atoms with Gasteiger partial charge in [0.1, 0.15) is 0 Å². The number of rotatable bonds is 5. The van der Waals surface area contributed by atoms with Crippen molar-refractivity contribution in [3.05, 3.63) is 0 Å². The van der Waals surface area contributed by atoms with Crippen LogP contribution < -0.4 is 5.32 Å². The lowest BCUT2D eigenvalue weighted by Gasteiger charge is -2.34. The van der Waals surface area contributed by atoms with Gasteiger partial charge in [-0.15, -0.1) is 0 Å². The molecule has 2 rings (SSSR count). The molecular weight excluding hydrogens is 222 g/mol. The highest BCUT2D eigenvalue weighted by atomic mass is 15.3.